The van der Waals surface area contributed by atoms with Crippen LogP contribution < -0.4 is 0 Å². The molecule has 0 bridgehead atoms. The Morgan fingerprint density at radius 2 is 1.64 bits per heavy atom. The second kappa shape index (κ2) is 6.13. The van der Waals surface area contributed by atoms with Gasteiger partial charge in [-0.1, -0.05) is 32.6 Å². The van der Waals surface area contributed by atoms with Crippen LogP contribution in [0.5, 0.6) is 0 Å². The van der Waals surface area contributed by atoms with Crippen molar-refractivity contribution in [3.05, 3.63) is 0 Å². The molecule has 0 aromatic carbocycles. The summed E-state index contributed by atoms with van der Waals surface area (Å²) in [6, 6.07) is 0. The lowest BCUT2D eigenvalue weighted by Gasteiger charge is -2.05. The van der Waals surface area contributed by atoms with Crippen LogP contribution in [-0.4, -0.2) is 15.9 Å². The average molecular weight is 196 g/mol. The fraction of sp³-hybridized carbons (Fsp3) is 1.00. The number of hydrogen-bond donors (Lipinski definition) is 2. The van der Waals surface area contributed by atoms with E-state index in [-0.39, 0.29) is 0 Å². The summed E-state index contributed by atoms with van der Waals surface area (Å²) in [7, 11) is 0. The van der Waals surface area contributed by atoms with Gasteiger partial charge in [-0.3, -0.25) is 0 Å². The molecule has 0 aliphatic heterocycles. The lowest BCUT2D eigenvalue weighted by Crippen LogP contribution is -1.87. The van der Waals surface area contributed by atoms with E-state index in [4.69, 9.17) is 9.79 Å². The van der Waals surface area contributed by atoms with Crippen molar-refractivity contribution in [1.82, 2.24) is 0 Å². The molecular weight excluding hydrogens is 179 g/mol. The fourth-order valence-electron chi connectivity index (χ4n) is 0.921. The maximum absolute atomic E-state index is 8.86. The summed E-state index contributed by atoms with van der Waals surface area (Å²) in [5, 5.41) is 0. The topological polar surface area (TPSA) is 40.5 Å². The zero-order valence-corrected chi connectivity index (χ0v) is 8.70. The van der Waals surface area contributed by atoms with E-state index in [0.29, 0.717) is 6.16 Å². The Balaban J connectivity index is 3.09. The Morgan fingerprint density at radius 3 is 2.09 bits per heavy atom. The maximum atomic E-state index is 8.86. The first-order valence-corrected chi connectivity index (χ1v) is 7.00. The van der Waals surface area contributed by atoms with Crippen LogP contribution in [0.25, 0.3) is 0 Å². The highest BCUT2D eigenvalue weighted by molar-refractivity contribution is 8.09. The molecule has 68 valence electrons. The maximum Gasteiger partial charge on any atom is 0.183 e. The lowest BCUT2D eigenvalue weighted by atomic mass is 10.2. The van der Waals surface area contributed by atoms with Crippen molar-refractivity contribution >= 4 is 18.3 Å². The molecule has 0 atom stereocenters. The lowest BCUT2D eigenvalue weighted by molar-refractivity contribution is 0.474. The van der Waals surface area contributed by atoms with Crippen LogP contribution in [0, 0.1) is 0 Å². The predicted octanol–water partition coefficient (Wildman–Crippen LogP) is 2.25. The van der Waals surface area contributed by atoms with Crippen molar-refractivity contribution in [2.45, 2.75) is 39.0 Å². The number of unbranched alkanes of at least 4 members (excludes halogenated alkanes) is 4. The van der Waals surface area contributed by atoms with Gasteiger partial charge in [-0.2, -0.15) is 0 Å². The Bertz CT molecular complexity index is 132. The van der Waals surface area contributed by atoms with E-state index in [9.17, 15) is 0 Å². The second-order valence-electron chi connectivity index (χ2n) is 2.80. The van der Waals surface area contributed by atoms with Gasteiger partial charge >= 0.3 is 0 Å². The molecular formula is C7H17O2PS. The molecule has 0 fully saturated rings. The average Bonchev–Trinajstić information content (AvgIpc) is 1.85. The smallest absolute Gasteiger partial charge is 0.183 e. The Morgan fingerprint density at radius 1 is 1.09 bits per heavy atom. The molecule has 0 spiro atoms. The minimum absolute atomic E-state index is 0.423. The summed E-state index contributed by atoms with van der Waals surface area (Å²) in [6.07, 6.45) is 6.00. The highest BCUT2D eigenvalue weighted by Gasteiger charge is 2.05. The Hall–Kier alpha value is 0.570. The van der Waals surface area contributed by atoms with Crippen LogP contribution in [0.4, 0.5) is 0 Å². The molecule has 0 rings (SSSR count). The highest BCUT2D eigenvalue weighted by Crippen LogP contribution is 2.35. The molecule has 0 aliphatic carbocycles. The number of hydrogen-bond acceptors (Lipinski definition) is 1. The summed E-state index contributed by atoms with van der Waals surface area (Å²) in [6.45, 7) is -0.726. The van der Waals surface area contributed by atoms with Crippen molar-refractivity contribution < 1.29 is 9.79 Å². The molecule has 0 saturated heterocycles. The van der Waals surface area contributed by atoms with Crippen LogP contribution in [0.1, 0.15) is 39.0 Å². The van der Waals surface area contributed by atoms with E-state index < -0.39 is 6.49 Å². The van der Waals surface area contributed by atoms with Crippen LogP contribution in [0.2, 0.25) is 0 Å². The van der Waals surface area contributed by atoms with Gasteiger partial charge in [0.2, 0.25) is 0 Å². The van der Waals surface area contributed by atoms with E-state index in [1.807, 2.05) is 0 Å². The molecule has 4 heteroatoms. The summed E-state index contributed by atoms with van der Waals surface area (Å²) < 4.78 is 0. The van der Waals surface area contributed by atoms with Crippen LogP contribution in [0.15, 0.2) is 0 Å². The van der Waals surface area contributed by atoms with Gasteiger partial charge in [-0.15, -0.1) is 0 Å². The SMILES string of the molecule is CCCCCCCP(O)(O)=S. The van der Waals surface area contributed by atoms with Crippen molar-refractivity contribution in [3.63, 3.8) is 0 Å². The van der Waals surface area contributed by atoms with E-state index in [1.54, 1.807) is 0 Å². The quantitative estimate of drug-likeness (QED) is 0.505. The molecule has 0 saturated carbocycles. The molecule has 2 N–H and O–H groups in total. The Kier molecular flexibility index (Phi) is 6.44. The van der Waals surface area contributed by atoms with E-state index in [2.05, 4.69) is 18.7 Å². The fourth-order valence-corrected chi connectivity index (χ4v) is 1.94. The van der Waals surface area contributed by atoms with Gasteiger partial charge in [0, 0.05) is 6.16 Å². The normalized spacial score (nSPS) is 11.9. The minimum atomic E-state index is -2.88. The molecule has 0 unspecified atom stereocenters. The molecule has 0 heterocycles. The summed E-state index contributed by atoms with van der Waals surface area (Å²) in [4.78, 5) is 17.7. The minimum Gasteiger partial charge on any atom is -0.345 e. The van der Waals surface area contributed by atoms with E-state index in [0.717, 1.165) is 12.8 Å². The van der Waals surface area contributed by atoms with E-state index in [1.165, 1.54) is 19.3 Å². The van der Waals surface area contributed by atoms with Crippen molar-refractivity contribution in [3.8, 4) is 0 Å². The molecule has 0 aromatic rings. The van der Waals surface area contributed by atoms with Gasteiger partial charge in [0.05, 0.1) is 0 Å². The summed E-state index contributed by atoms with van der Waals surface area (Å²) >= 11 is 4.49. The van der Waals surface area contributed by atoms with Gasteiger partial charge in [0.25, 0.3) is 0 Å². The monoisotopic (exact) mass is 196 g/mol. The third-order valence-electron chi connectivity index (χ3n) is 1.55. The van der Waals surface area contributed by atoms with Gasteiger partial charge in [0.1, 0.15) is 0 Å². The third-order valence-corrected chi connectivity index (χ3v) is 3.00. The standard InChI is InChI=1S/C7H17O2PS/c1-2-3-4-5-6-7-10(8,9)11/h2-7H2,1H3,(H2,8,9,11). The molecule has 0 radical (unpaired) electrons. The highest BCUT2D eigenvalue weighted by atomic mass is 32.5. The molecule has 0 aromatic heterocycles. The summed E-state index contributed by atoms with van der Waals surface area (Å²) in [5.41, 5.74) is 0. The molecule has 0 aliphatic rings. The van der Waals surface area contributed by atoms with Gasteiger partial charge in [0.15, 0.2) is 6.49 Å². The first kappa shape index (κ1) is 11.6. The summed E-state index contributed by atoms with van der Waals surface area (Å²) in [5.74, 6) is 0. The molecule has 0 amide bonds. The van der Waals surface area contributed by atoms with Crippen LogP contribution in [0.3, 0.4) is 0 Å². The first-order valence-electron chi connectivity index (χ1n) is 4.11. The first-order chi connectivity index (χ1) is 5.06. The largest absolute Gasteiger partial charge is 0.345 e. The van der Waals surface area contributed by atoms with Crippen LogP contribution in [-0.2, 0) is 11.8 Å². The Labute approximate surface area is 73.8 Å². The zero-order chi connectivity index (χ0) is 8.74. The van der Waals surface area contributed by atoms with E-state index >= 15 is 0 Å². The molecule has 11 heavy (non-hydrogen) atoms. The van der Waals surface area contributed by atoms with Crippen LogP contribution >= 0.6 is 6.49 Å². The van der Waals surface area contributed by atoms with Crippen molar-refractivity contribution in [1.29, 1.82) is 0 Å². The van der Waals surface area contributed by atoms with Gasteiger partial charge in [-0.05, 0) is 18.2 Å². The second-order valence-corrected chi connectivity index (χ2v) is 6.33. The predicted molar refractivity (Wildman–Crippen MR) is 52.3 cm³/mol. The van der Waals surface area contributed by atoms with Gasteiger partial charge in [-0.25, -0.2) is 0 Å². The third kappa shape index (κ3) is 10.6. The van der Waals surface area contributed by atoms with Crippen molar-refractivity contribution in [2.75, 3.05) is 6.16 Å². The molecule has 2 nitrogen and oxygen atoms in total. The number of rotatable bonds is 6. The zero-order valence-electron chi connectivity index (χ0n) is 6.99. The van der Waals surface area contributed by atoms with Crippen molar-refractivity contribution in [2.24, 2.45) is 0 Å². The van der Waals surface area contributed by atoms with Gasteiger partial charge < -0.3 is 9.79 Å².